The molecule has 2 rings (SSSR count). The van der Waals surface area contributed by atoms with E-state index in [0.29, 0.717) is 23.5 Å². The summed E-state index contributed by atoms with van der Waals surface area (Å²) >= 11 is 0. The molecular formula is C8H5NO3. The molecule has 0 atom stereocenters. The van der Waals surface area contributed by atoms with Crippen molar-refractivity contribution < 1.29 is 14.3 Å². The van der Waals surface area contributed by atoms with Crippen molar-refractivity contribution in [2.24, 2.45) is 0 Å². The van der Waals surface area contributed by atoms with Gasteiger partial charge in [0.1, 0.15) is 12.5 Å². The molecule has 0 unspecified atom stereocenters. The number of pyridine rings is 1. The van der Waals surface area contributed by atoms with Crippen LogP contribution in [0.4, 0.5) is 0 Å². The van der Waals surface area contributed by atoms with Gasteiger partial charge in [0.15, 0.2) is 12.0 Å². The van der Waals surface area contributed by atoms with Gasteiger partial charge in [-0.05, 0) is 6.07 Å². The largest absolute Gasteiger partial charge is 0.456 e. The number of rotatable bonds is 1. The van der Waals surface area contributed by atoms with Gasteiger partial charge >= 0.3 is 0 Å². The molecule has 0 N–H and O–H groups in total. The number of nitrogens with zero attached hydrogens (tertiary/aromatic N) is 1. The molecule has 4 nitrogen and oxygen atoms in total. The minimum atomic E-state index is 0.378. The maximum Gasteiger partial charge on any atom is 0.262 e. The summed E-state index contributed by atoms with van der Waals surface area (Å²) in [5, 5.41) is 0. The molecule has 12 heavy (non-hydrogen) atoms. The summed E-state index contributed by atoms with van der Waals surface area (Å²) in [5.74, 6) is 0.838. The molecule has 0 radical (unpaired) electrons. The van der Waals surface area contributed by atoms with Crippen LogP contribution in [0, 0.1) is 0 Å². The molecular weight excluding hydrogens is 158 g/mol. The number of carbonyl (C=O) groups is 1. The van der Waals surface area contributed by atoms with E-state index in [1.54, 1.807) is 6.07 Å². The topological polar surface area (TPSA) is 48.4 Å². The van der Waals surface area contributed by atoms with E-state index in [0.717, 1.165) is 0 Å². The Hall–Kier alpha value is -1.84. The summed E-state index contributed by atoms with van der Waals surface area (Å²) in [4.78, 5) is 14.2. The van der Waals surface area contributed by atoms with E-state index in [1.807, 2.05) is 0 Å². The first-order chi connectivity index (χ1) is 5.90. The van der Waals surface area contributed by atoms with Crippen molar-refractivity contribution in [3.05, 3.63) is 30.4 Å². The molecule has 1 aromatic heterocycles. The van der Waals surface area contributed by atoms with Gasteiger partial charge in [-0.15, -0.1) is 0 Å². The van der Waals surface area contributed by atoms with Crippen LogP contribution in [-0.2, 0) is 0 Å². The molecule has 60 valence electrons. The van der Waals surface area contributed by atoms with Crippen LogP contribution < -0.4 is 9.47 Å². The smallest absolute Gasteiger partial charge is 0.262 e. The minimum absolute atomic E-state index is 0.378. The lowest BCUT2D eigenvalue weighted by Crippen LogP contribution is -1.99. The van der Waals surface area contributed by atoms with E-state index >= 15 is 0 Å². The predicted molar refractivity (Wildman–Crippen MR) is 40.0 cm³/mol. The fourth-order valence-corrected chi connectivity index (χ4v) is 0.878. The zero-order valence-electron chi connectivity index (χ0n) is 6.06. The van der Waals surface area contributed by atoms with E-state index in [4.69, 9.17) is 9.47 Å². The lowest BCUT2D eigenvalue weighted by molar-refractivity contribution is 0.112. The Morgan fingerprint density at radius 1 is 1.33 bits per heavy atom. The van der Waals surface area contributed by atoms with Crippen LogP contribution in [0.25, 0.3) is 0 Å². The van der Waals surface area contributed by atoms with Crippen LogP contribution in [-0.4, -0.2) is 11.3 Å². The van der Waals surface area contributed by atoms with Gasteiger partial charge in [0.05, 0.1) is 0 Å². The fraction of sp³-hybridized carbons (Fsp3) is 0. The van der Waals surface area contributed by atoms with Crippen LogP contribution in [0.1, 0.15) is 10.4 Å². The lowest BCUT2D eigenvalue weighted by Gasteiger charge is -2.10. The number of aldehydes is 1. The van der Waals surface area contributed by atoms with Gasteiger partial charge in [-0.2, -0.15) is 0 Å². The summed E-state index contributed by atoms with van der Waals surface area (Å²) < 4.78 is 10.0. The van der Waals surface area contributed by atoms with Gasteiger partial charge in [-0.3, -0.25) is 4.79 Å². The van der Waals surface area contributed by atoms with E-state index in [1.165, 1.54) is 18.7 Å². The summed E-state index contributed by atoms with van der Waals surface area (Å²) in [6.45, 7) is 0. The predicted octanol–water partition coefficient (Wildman–Crippen LogP) is 1.14. The highest BCUT2D eigenvalue weighted by molar-refractivity contribution is 5.75. The van der Waals surface area contributed by atoms with Gasteiger partial charge in [-0.1, -0.05) is 0 Å². The molecule has 0 amide bonds. The van der Waals surface area contributed by atoms with Crippen LogP contribution in [0.2, 0.25) is 0 Å². The van der Waals surface area contributed by atoms with Crippen molar-refractivity contribution in [1.82, 2.24) is 4.98 Å². The first kappa shape index (κ1) is 6.84. The molecule has 0 saturated heterocycles. The Morgan fingerprint density at radius 3 is 3.00 bits per heavy atom. The van der Waals surface area contributed by atoms with Crippen LogP contribution in [0.5, 0.6) is 11.6 Å². The molecule has 1 aliphatic heterocycles. The van der Waals surface area contributed by atoms with Crippen molar-refractivity contribution >= 4 is 6.29 Å². The van der Waals surface area contributed by atoms with E-state index < -0.39 is 0 Å². The molecule has 0 aliphatic carbocycles. The van der Waals surface area contributed by atoms with Gasteiger partial charge in [0.25, 0.3) is 5.88 Å². The highest BCUT2D eigenvalue weighted by Crippen LogP contribution is 2.27. The van der Waals surface area contributed by atoms with Crippen molar-refractivity contribution in [2.75, 3.05) is 0 Å². The number of aromatic nitrogens is 1. The highest BCUT2D eigenvalue weighted by Gasteiger charge is 2.09. The van der Waals surface area contributed by atoms with E-state index in [-0.39, 0.29) is 0 Å². The van der Waals surface area contributed by atoms with Gasteiger partial charge in [0, 0.05) is 11.8 Å². The Morgan fingerprint density at radius 2 is 2.17 bits per heavy atom. The molecule has 0 aromatic carbocycles. The van der Waals surface area contributed by atoms with Gasteiger partial charge in [-0.25, -0.2) is 4.98 Å². The number of carbonyl (C=O) groups excluding carboxylic acids is 1. The Labute approximate surface area is 68.4 Å². The number of ether oxygens (including phenoxy) is 2. The third kappa shape index (κ3) is 1.03. The monoisotopic (exact) mass is 163 g/mol. The molecule has 0 saturated carbocycles. The zero-order valence-corrected chi connectivity index (χ0v) is 6.06. The maximum atomic E-state index is 10.3. The quantitative estimate of drug-likeness (QED) is 0.582. The summed E-state index contributed by atoms with van der Waals surface area (Å²) in [6, 6.07) is 1.57. The van der Waals surface area contributed by atoms with Crippen LogP contribution in [0.15, 0.2) is 24.8 Å². The standard InChI is InChI=1S/C8H5NO3/c10-5-6-3-7-8(9-4-6)12-2-1-11-7/h1-5H. The Kier molecular flexibility index (Phi) is 1.51. The average molecular weight is 163 g/mol. The van der Waals surface area contributed by atoms with Crippen molar-refractivity contribution in [1.29, 1.82) is 0 Å². The van der Waals surface area contributed by atoms with Crippen molar-refractivity contribution in [3.8, 4) is 11.6 Å². The van der Waals surface area contributed by atoms with Crippen LogP contribution in [0.3, 0.4) is 0 Å². The zero-order chi connectivity index (χ0) is 8.39. The second-order valence-corrected chi connectivity index (χ2v) is 2.20. The maximum absolute atomic E-state index is 10.3. The Bertz CT molecular complexity index is 346. The summed E-state index contributed by atoms with van der Waals surface area (Å²) in [6.07, 6.45) is 4.90. The number of hydrogen-bond acceptors (Lipinski definition) is 4. The Balaban J connectivity index is 2.46. The SMILES string of the molecule is O=Cc1cnc2c(c1)OC=CO2. The van der Waals surface area contributed by atoms with E-state index in [2.05, 4.69) is 4.98 Å². The molecule has 1 aromatic rings. The molecule has 4 heteroatoms. The molecule has 0 fully saturated rings. The van der Waals surface area contributed by atoms with Crippen LogP contribution >= 0.6 is 0 Å². The van der Waals surface area contributed by atoms with Gasteiger partial charge in [0.2, 0.25) is 0 Å². The molecule has 0 spiro atoms. The third-order valence-electron chi connectivity index (χ3n) is 1.41. The second kappa shape index (κ2) is 2.65. The minimum Gasteiger partial charge on any atom is -0.456 e. The normalized spacial score (nSPS) is 12.7. The third-order valence-corrected chi connectivity index (χ3v) is 1.41. The fourth-order valence-electron chi connectivity index (χ4n) is 0.878. The van der Waals surface area contributed by atoms with E-state index in [9.17, 15) is 4.79 Å². The highest BCUT2D eigenvalue weighted by atomic mass is 16.5. The average Bonchev–Trinajstić information content (AvgIpc) is 2.17. The molecule has 2 heterocycles. The summed E-state index contributed by atoms with van der Waals surface area (Å²) in [5.41, 5.74) is 0.465. The molecule has 1 aliphatic rings. The first-order valence-electron chi connectivity index (χ1n) is 3.34. The lowest BCUT2D eigenvalue weighted by atomic mass is 10.3. The summed E-state index contributed by atoms with van der Waals surface area (Å²) in [7, 11) is 0. The number of hydrogen-bond donors (Lipinski definition) is 0. The molecule has 0 bridgehead atoms. The number of fused-ring (bicyclic) bond motifs is 1. The van der Waals surface area contributed by atoms with Crippen molar-refractivity contribution in [2.45, 2.75) is 0 Å². The first-order valence-corrected chi connectivity index (χ1v) is 3.34. The van der Waals surface area contributed by atoms with Crippen molar-refractivity contribution in [3.63, 3.8) is 0 Å². The second-order valence-electron chi connectivity index (χ2n) is 2.20. The van der Waals surface area contributed by atoms with Gasteiger partial charge < -0.3 is 9.47 Å².